The second-order valence-corrected chi connectivity index (χ2v) is 4.75. The van der Waals surface area contributed by atoms with Gasteiger partial charge in [0.05, 0.1) is 6.20 Å². The van der Waals surface area contributed by atoms with Crippen molar-refractivity contribution in [3.8, 4) is 0 Å². The Morgan fingerprint density at radius 1 is 1.37 bits per heavy atom. The molecule has 0 fully saturated rings. The van der Waals surface area contributed by atoms with Crippen molar-refractivity contribution in [2.24, 2.45) is 0 Å². The minimum atomic E-state index is 0.469. The van der Waals surface area contributed by atoms with E-state index in [9.17, 15) is 0 Å². The van der Waals surface area contributed by atoms with Crippen molar-refractivity contribution in [2.75, 3.05) is 7.05 Å². The molecular weight excluding hydrogens is 236 g/mol. The number of aryl methyl sites for hydroxylation is 2. The Bertz CT molecular complexity index is 478. The topological polar surface area (TPSA) is 42.7 Å². The van der Waals surface area contributed by atoms with Crippen LogP contribution in [0.15, 0.2) is 36.8 Å². The maximum Gasteiger partial charge on any atom is 0.0522 e. The molecule has 0 spiro atoms. The third-order valence-corrected chi connectivity index (χ3v) is 3.38. The zero-order valence-corrected chi connectivity index (χ0v) is 11.7. The third-order valence-electron chi connectivity index (χ3n) is 3.38. The highest BCUT2D eigenvalue weighted by Crippen LogP contribution is 2.08. The number of hydrogen-bond donors (Lipinski definition) is 1. The van der Waals surface area contributed by atoms with E-state index in [1.807, 2.05) is 36.3 Å². The summed E-state index contributed by atoms with van der Waals surface area (Å²) >= 11 is 0. The summed E-state index contributed by atoms with van der Waals surface area (Å²) in [7, 11) is 2.02. The Hall–Kier alpha value is -1.68. The normalized spacial score (nSPS) is 12.5. The summed E-state index contributed by atoms with van der Waals surface area (Å²) < 4.78 is 1.97. The predicted octanol–water partition coefficient (Wildman–Crippen LogP) is 2.06. The molecule has 2 aromatic heterocycles. The molecule has 0 aliphatic rings. The van der Waals surface area contributed by atoms with Gasteiger partial charge in [-0.15, -0.1) is 0 Å². The minimum Gasteiger partial charge on any atom is -0.317 e. The van der Waals surface area contributed by atoms with Crippen LogP contribution in [-0.4, -0.2) is 27.9 Å². The van der Waals surface area contributed by atoms with E-state index in [1.165, 1.54) is 5.56 Å². The Morgan fingerprint density at radius 2 is 2.26 bits per heavy atom. The van der Waals surface area contributed by atoms with Gasteiger partial charge in [-0.1, -0.05) is 6.07 Å². The van der Waals surface area contributed by atoms with E-state index in [0.717, 1.165) is 31.5 Å². The minimum absolute atomic E-state index is 0.469. The zero-order valence-electron chi connectivity index (χ0n) is 11.7. The predicted molar refractivity (Wildman–Crippen MR) is 77.0 cm³/mol. The molecule has 2 heterocycles. The average molecular weight is 258 g/mol. The van der Waals surface area contributed by atoms with Gasteiger partial charge in [-0.05, 0) is 50.9 Å². The molecule has 0 aromatic carbocycles. The first-order valence-corrected chi connectivity index (χ1v) is 6.90. The molecule has 102 valence electrons. The van der Waals surface area contributed by atoms with Crippen molar-refractivity contribution in [1.82, 2.24) is 20.1 Å². The first-order chi connectivity index (χ1) is 9.31. The Labute approximate surface area is 114 Å². The lowest BCUT2D eigenvalue weighted by Gasteiger charge is -2.14. The molecule has 4 nitrogen and oxygen atoms in total. The smallest absolute Gasteiger partial charge is 0.0522 e. The second kappa shape index (κ2) is 7.04. The molecule has 1 unspecified atom stereocenters. The van der Waals surface area contributed by atoms with Crippen LogP contribution < -0.4 is 5.32 Å². The lowest BCUT2D eigenvalue weighted by molar-refractivity contribution is 0.517. The molecule has 19 heavy (non-hydrogen) atoms. The summed E-state index contributed by atoms with van der Waals surface area (Å²) in [6.07, 6.45) is 9.07. The van der Waals surface area contributed by atoms with Gasteiger partial charge in [0.15, 0.2) is 0 Å². The Kier molecular flexibility index (Phi) is 5.10. The molecule has 0 saturated heterocycles. The molecule has 0 aliphatic carbocycles. The van der Waals surface area contributed by atoms with Gasteiger partial charge in [0.25, 0.3) is 0 Å². The summed E-state index contributed by atoms with van der Waals surface area (Å²) in [6.45, 7) is 3.03. The van der Waals surface area contributed by atoms with E-state index >= 15 is 0 Å². The van der Waals surface area contributed by atoms with Crippen LogP contribution >= 0.6 is 0 Å². The van der Waals surface area contributed by atoms with E-state index in [4.69, 9.17) is 0 Å². The SMILES string of the molecule is CCn1cc(CC(CCc2ccccn2)NC)cn1. The summed E-state index contributed by atoms with van der Waals surface area (Å²) in [5, 5.41) is 7.70. The Balaban J connectivity index is 1.86. The number of rotatable bonds is 7. The van der Waals surface area contributed by atoms with Crippen molar-refractivity contribution < 1.29 is 0 Å². The molecule has 2 aromatic rings. The van der Waals surface area contributed by atoms with Crippen molar-refractivity contribution in [2.45, 2.75) is 38.8 Å². The molecule has 4 heteroatoms. The van der Waals surface area contributed by atoms with Crippen molar-refractivity contribution in [3.05, 3.63) is 48.0 Å². The van der Waals surface area contributed by atoms with Gasteiger partial charge in [0, 0.05) is 30.7 Å². The summed E-state index contributed by atoms with van der Waals surface area (Å²) in [4.78, 5) is 4.37. The van der Waals surface area contributed by atoms with Crippen LogP contribution in [0.1, 0.15) is 24.6 Å². The average Bonchev–Trinajstić information content (AvgIpc) is 2.92. The van der Waals surface area contributed by atoms with Crippen molar-refractivity contribution >= 4 is 0 Å². The zero-order chi connectivity index (χ0) is 13.5. The quantitative estimate of drug-likeness (QED) is 0.826. The number of hydrogen-bond acceptors (Lipinski definition) is 3. The highest BCUT2D eigenvalue weighted by Gasteiger charge is 2.09. The van der Waals surface area contributed by atoms with Crippen LogP contribution in [0.4, 0.5) is 0 Å². The first-order valence-electron chi connectivity index (χ1n) is 6.90. The fourth-order valence-corrected chi connectivity index (χ4v) is 2.19. The van der Waals surface area contributed by atoms with Crippen molar-refractivity contribution in [3.63, 3.8) is 0 Å². The largest absolute Gasteiger partial charge is 0.317 e. The van der Waals surface area contributed by atoms with Crippen LogP contribution in [0.25, 0.3) is 0 Å². The van der Waals surface area contributed by atoms with Gasteiger partial charge < -0.3 is 5.32 Å². The summed E-state index contributed by atoms with van der Waals surface area (Å²) in [5.41, 5.74) is 2.45. The summed E-state index contributed by atoms with van der Waals surface area (Å²) in [5.74, 6) is 0. The van der Waals surface area contributed by atoms with E-state index in [0.29, 0.717) is 6.04 Å². The maximum absolute atomic E-state index is 4.37. The standard InChI is InChI=1S/C15H22N4/c1-3-19-12-13(11-18-19)10-15(16-2)8-7-14-6-4-5-9-17-14/h4-6,9,11-12,15-16H,3,7-8,10H2,1-2H3. The summed E-state index contributed by atoms with van der Waals surface area (Å²) in [6, 6.07) is 6.55. The fourth-order valence-electron chi connectivity index (χ4n) is 2.19. The second-order valence-electron chi connectivity index (χ2n) is 4.75. The molecule has 0 aliphatic heterocycles. The molecule has 0 radical (unpaired) electrons. The van der Waals surface area contributed by atoms with Crippen molar-refractivity contribution in [1.29, 1.82) is 0 Å². The van der Waals surface area contributed by atoms with Crippen LogP contribution in [0, 0.1) is 0 Å². The van der Waals surface area contributed by atoms with Gasteiger partial charge in [-0.3, -0.25) is 9.67 Å². The van der Waals surface area contributed by atoms with Crippen LogP contribution in [0.3, 0.4) is 0 Å². The maximum atomic E-state index is 4.37. The van der Waals surface area contributed by atoms with Gasteiger partial charge in [0.2, 0.25) is 0 Å². The lowest BCUT2D eigenvalue weighted by Crippen LogP contribution is -2.28. The van der Waals surface area contributed by atoms with E-state index in [1.54, 1.807) is 0 Å². The Morgan fingerprint density at radius 3 is 2.89 bits per heavy atom. The van der Waals surface area contributed by atoms with E-state index in [2.05, 4.69) is 34.6 Å². The number of likely N-dealkylation sites (N-methyl/N-ethyl adjacent to an activating group) is 1. The molecule has 0 bridgehead atoms. The number of nitrogens with zero attached hydrogens (tertiary/aromatic N) is 3. The van der Waals surface area contributed by atoms with Crippen LogP contribution in [0.2, 0.25) is 0 Å². The fraction of sp³-hybridized carbons (Fsp3) is 0.467. The highest BCUT2D eigenvalue weighted by atomic mass is 15.3. The molecular formula is C15H22N4. The number of nitrogens with one attached hydrogen (secondary N) is 1. The van der Waals surface area contributed by atoms with Crippen LogP contribution in [0.5, 0.6) is 0 Å². The molecule has 1 N–H and O–H groups in total. The number of pyridine rings is 1. The molecule has 0 saturated carbocycles. The van der Waals surface area contributed by atoms with E-state index in [-0.39, 0.29) is 0 Å². The lowest BCUT2D eigenvalue weighted by atomic mass is 10.0. The molecule has 2 rings (SSSR count). The third kappa shape index (κ3) is 4.17. The van der Waals surface area contributed by atoms with Crippen LogP contribution in [-0.2, 0) is 19.4 Å². The molecule has 1 atom stereocenters. The number of aromatic nitrogens is 3. The van der Waals surface area contributed by atoms with Gasteiger partial charge >= 0.3 is 0 Å². The monoisotopic (exact) mass is 258 g/mol. The molecule has 0 amide bonds. The first kappa shape index (κ1) is 13.7. The highest BCUT2D eigenvalue weighted by molar-refractivity contribution is 5.08. The van der Waals surface area contributed by atoms with E-state index < -0.39 is 0 Å². The van der Waals surface area contributed by atoms with Gasteiger partial charge in [-0.25, -0.2) is 0 Å². The van der Waals surface area contributed by atoms with Gasteiger partial charge in [0.1, 0.15) is 0 Å². The van der Waals surface area contributed by atoms with Gasteiger partial charge in [-0.2, -0.15) is 5.10 Å².